The molecule has 3 aromatic rings. The molecule has 0 spiro atoms. The van der Waals surface area contributed by atoms with Crippen LogP contribution in [0.4, 0.5) is 5.69 Å². The minimum absolute atomic E-state index is 0.277. The normalized spacial score (nSPS) is 9.72. The summed E-state index contributed by atoms with van der Waals surface area (Å²) in [5.41, 5.74) is 5.53. The standard InChI is InChI=1S/C18H12N6O/c1-12-5-4-6-13(9-12)17-21-18(25-24-17)15-7-2-3-8-16(15)23-22-14(10-19)11-20/h2-9,23H,1H3. The quantitative estimate of drug-likeness (QED) is 0.579. The molecule has 25 heavy (non-hydrogen) atoms. The average Bonchev–Trinajstić information content (AvgIpc) is 3.13. The van der Waals surface area contributed by atoms with E-state index in [1.165, 1.54) is 0 Å². The minimum atomic E-state index is -0.277. The molecule has 0 atom stereocenters. The second kappa shape index (κ2) is 7.07. The number of hydrazone groups is 1. The molecule has 7 heteroatoms. The molecule has 0 saturated carbocycles. The Kier molecular flexibility index (Phi) is 4.50. The lowest BCUT2D eigenvalue weighted by Crippen LogP contribution is -1.97. The van der Waals surface area contributed by atoms with Gasteiger partial charge in [-0.2, -0.15) is 20.6 Å². The van der Waals surface area contributed by atoms with Crippen molar-refractivity contribution < 1.29 is 4.52 Å². The molecule has 7 nitrogen and oxygen atoms in total. The first-order chi connectivity index (χ1) is 12.2. The van der Waals surface area contributed by atoms with E-state index in [9.17, 15) is 0 Å². The number of aromatic nitrogens is 2. The van der Waals surface area contributed by atoms with Crippen molar-refractivity contribution in [2.75, 3.05) is 5.43 Å². The molecule has 0 aliphatic carbocycles. The monoisotopic (exact) mass is 328 g/mol. The molecule has 0 unspecified atom stereocenters. The van der Waals surface area contributed by atoms with Gasteiger partial charge in [0.15, 0.2) is 0 Å². The minimum Gasteiger partial charge on any atom is -0.334 e. The molecule has 0 amide bonds. The van der Waals surface area contributed by atoms with Crippen molar-refractivity contribution in [2.24, 2.45) is 5.10 Å². The molecule has 0 aliphatic rings. The lowest BCUT2D eigenvalue weighted by molar-refractivity contribution is 0.432. The molecular weight excluding hydrogens is 316 g/mol. The van der Waals surface area contributed by atoms with Crippen molar-refractivity contribution in [3.63, 3.8) is 0 Å². The van der Waals surface area contributed by atoms with Crippen LogP contribution in [0.25, 0.3) is 22.8 Å². The number of aryl methyl sites for hydroxylation is 1. The zero-order valence-corrected chi connectivity index (χ0v) is 13.3. The van der Waals surface area contributed by atoms with Crippen molar-refractivity contribution in [2.45, 2.75) is 6.92 Å². The van der Waals surface area contributed by atoms with Crippen LogP contribution in [0, 0.1) is 29.6 Å². The molecule has 0 fully saturated rings. The predicted octanol–water partition coefficient (Wildman–Crippen LogP) is 3.53. The molecule has 2 aromatic carbocycles. The van der Waals surface area contributed by atoms with Gasteiger partial charge in [0.1, 0.15) is 12.1 Å². The highest BCUT2D eigenvalue weighted by Gasteiger charge is 2.14. The summed E-state index contributed by atoms with van der Waals surface area (Å²) in [6.07, 6.45) is 0. The molecule has 0 bridgehead atoms. The van der Waals surface area contributed by atoms with Crippen molar-refractivity contribution >= 4 is 11.4 Å². The molecular formula is C18H12N6O. The number of nitriles is 2. The number of hydrogen-bond donors (Lipinski definition) is 1. The van der Waals surface area contributed by atoms with Crippen molar-refractivity contribution in [1.82, 2.24) is 10.1 Å². The van der Waals surface area contributed by atoms with Gasteiger partial charge < -0.3 is 4.52 Å². The molecule has 0 aliphatic heterocycles. The number of anilines is 1. The van der Waals surface area contributed by atoms with Gasteiger partial charge in [0.2, 0.25) is 11.5 Å². The van der Waals surface area contributed by atoms with Gasteiger partial charge in [0, 0.05) is 5.56 Å². The Hall–Kier alpha value is -3.97. The summed E-state index contributed by atoms with van der Waals surface area (Å²) in [6, 6.07) is 18.3. The third kappa shape index (κ3) is 3.52. The van der Waals surface area contributed by atoms with E-state index < -0.39 is 0 Å². The molecule has 1 heterocycles. The van der Waals surface area contributed by atoms with E-state index in [1.54, 1.807) is 30.3 Å². The number of nitrogens with zero attached hydrogens (tertiary/aromatic N) is 5. The number of hydrogen-bond acceptors (Lipinski definition) is 7. The van der Waals surface area contributed by atoms with Crippen LogP contribution < -0.4 is 5.43 Å². The van der Waals surface area contributed by atoms with Crippen LogP contribution >= 0.6 is 0 Å². The van der Waals surface area contributed by atoms with Crippen LogP contribution in [0.5, 0.6) is 0 Å². The summed E-state index contributed by atoms with van der Waals surface area (Å²) < 4.78 is 5.37. The number of para-hydroxylation sites is 1. The Morgan fingerprint density at radius 3 is 2.68 bits per heavy atom. The fourth-order valence-corrected chi connectivity index (χ4v) is 2.19. The Labute approximate surface area is 143 Å². The van der Waals surface area contributed by atoms with Gasteiger partial charge in [-0.25, -0.2) is 0 Å². The fourth-order valence-electron chi connectivity index (χ4n) is 2.19. The van der Waals surface area contributed by atoms with Crippen molar-refractivity contribution in [3.8, 4) is 35.0 Å². The average molecular weight is 328 g/mol. The third-order valence-electron chi connectivity index (χ3n) is 3.36. The van der Waals surface area contributed by atoms with Crippen LogP contribution in [0.1, 0.15) is 5.56 Å². The highest BCUT2D eigenvalue weighted by molar-refractivity contribution is 6.10. The van der Waals surface area contributed by atoms with Crippen LogP contribution in [0.2, 0.25) is 0 Å². The Bertz CT molecular complexity index is 1010. The smallest absolute Gasteiger partial charge is 0.260 e. The largest absolute Gasteiger partial charge is 0.334 e. The summed E-state index contributed by atoms with van der Waals surface area (Å²) in [5.74, 6) is 0.789. The topological polar surface area (TPSA) is 111 Å². The summed E-state index contributed by atoms with van der Waals surface area (Å²) in [4.78, 5) is 4.42. The molecule has 1 aromatic heterocycles. The molecule has 0 radical (unpaired) electrons. The second-order valence-electron chi connectivity index (χ2n) is 5.13. The molecule has 1 N–H and O–H groups in total. The van der Waals surface area contributed by atoms with Crippen LogP contribution in [0.3, 0.4) is 0 Å². The zero-order chi connectivity index (χ0) is 17.6. The lowest BCUT2D eigenvalue weighted by Gasteiger charge is -2.04. The van der Waals surface area contributed by atoms with E-state index in [2.05, 4.69) is 20.7 Å². The zero-order valence-electron chi connectivity index (χ0n) is 13.3. The lowest BCUT2D eigenvalue weighted by atomic mass is 10.1. The van der Waals surface area contributed by atoms with Crippen molar-refractivity contribution in [3.05, 3.63) is 54.1 Å². The Balaban J connectivity index is 1.95. The van der Waals surface area contributed by atoms with Gasteiger partial charge in [0.25, 0.3) is 5.89 Å². The fraction of sp³-hybridized carbons (Fsp3) is 0.0556. The first-order valence-electron chi connectivity index (χ1n) is 7.35. The highest BCUT2D eigenvalue weighted by Crippen LogP contribution is 2.28. The van der Waals surface area contributed by atoms with E-state index >= 15 is 0 Å². The molecule has 0 saturated heterocycles. The maximum Gasteiger partial charge on any atom is 0.260 e. The second-order valence-corrected chi connectivity index (χ2v) is 5.13. The van der Waals surface area contributed by atoms with Gasteiger partial charge in [0.05, 0.1) is 11.3 Å². The van der Waals surface area contributed by atoms with Gasteiger partial charge >= 0.3 is 0 Å². The first kappa shape index (κ1) is 15.9. The van der Waals surface area contributed by atoms with E-state index in [-0.39, 0.29) is 5.71 Å². The summed E-state index contributed by atoms with van der Waals surface area (Å²) in [5, 5.41) is 25.3. The van der Waals surface area contributed by atoms with E-state index in [4.69, 9.17) is 15.0 Å². The predicted molar refractivity (Wildman–Crippen MR) is 92.2 cm³/mol. The van der Waals surface area contributed by atoms with E-state index in [1.807, 2.05) is 37.3 Å². The van der Waals surface area contributed by atoms with Crippen molar-refractivity contribution in [1.29, 1.82) is 10.5 Å². The Morgan fingerprint density at radius 1 is 1.12 bits per heavy atom. The van der Waals surface area contributed by atoms with Crippen LogP contribution in [-0.4, -0.2) is 15.9 Å². The molecule has 3 rings (SSSR count). The van der Waals surface area contributed by atoms with Crippen LogP contribution in [-0.2, 0) is 0 Å². The molecule has 120 valence electrons. The van der Waals surface area contributed by atoms with E-state index in [0.29, 0.717) is 23.0 Å². The summed E-state index contributed by atoms with van der Waals surface area (Å²) in [6.45, 7) is 1.99. The summed E-state index contributed by atoms with van der Waals surface area (Å²) >= 11 is 0. The van der Waals surface area contributed by atoms with Gasteiger partial charge in [-0.05, 0) is 25.1 Å². The Morgan fingerprint density at radius 2 is 1.92 bits per heavy atom. The highest BCUT2D eigenvalue weighted by atomic mass is 16.5. The maximum absolute atomic E-state index is 8.76. The van der Waals surface area contributed by atoms with E-state index in [0.717, 1.165) is 11.1 Å². The first-order valence-corrected chi connectivity index (χ1v) is 7.35. The summed E-state index contributed by atoms with van der Waals surface area (Å²) in [7, 11) is 0. The number of benzene rings is 2. The number of rotatable bonds is 4. The third-order valence-corrected chi connectivity index (χ3v) is 3.36. The van der Waals surface area contributed by atoms with Crippen LogP contribution in [0.15, 0.2) is 58.2 Å². The van der Waals surface area contributed by atoms with Gasteiger partial charge in [-0.15, -0.1) is 0 Å². The number of nitrogens with one attached hydrogen (secondary N) is 1. The SMILES string of the molecule is Cc1cccc(-c2noc(-c3ccccc3NN=C(C#N)C#N)n2)c1. The van der Waals surface area contributed by atoms with Gasteiger partial charge in [-0.1, -0.05) is 41.1 Å². The van der Waals surface area contributed by atoms with Gasteiger partial charge in [-0.3, -0.25) is 5.43 Å². The maximum atomic E-state index is 8.76.